The number of hydrogen-bond donors (Lipinski definition) is 2. The molecule has 22 heavy (non-hydrogen) atoms. The van der Waals surface area contributed by atoms with E-state index >= 15 is 0 Å². The highest BCUT2D eigenvalue weighted by Crippen LogP contribution is 2.31. The minimum absolute atomic E-state index is 0.121. The van der Waals surface area contributed by atoms with E-state index in [0.717, 1.165) is 5.56 Å². The average Bonchev–Trinajstić information content (AvgIpc) is 2.87. The number of aryl methyl sites for hydroxylation is 1. The van der Waals surface area contributed by atoms with Crippen molar-refractivity contribution in [2.45, 2.75) is 27.7 Å². The third-order valence-corrected chi connectivity index (χ3v) is 3.19. The number of nitrogens with one attached hydrogen (secondary N) is 1. The average molecular weight is 301 g/mol. The molecular weight excluding hydrogens is 282 g/mol. The number of carboxylic acids is 1. The number of rotatable bonds is 3. The SMILES string of the molecule is Cc1ccc(-c2ccc(C(=O)O)o2)c(NC(=O)C(C)(C)C)c1. The Hall–Kier alpha value is -2.56. The summed E-state index contributed by atoms with van der Waals surface area (Å²) in [6, 6.07) is 8.50. The molecule has 0 aliphatic heterocycles. The van der Waals surface area contributed by atoms with Crippen LogP contribution in [0, 0.1) is 12.3 Å². The van der Waals surface area contributed by atoms with E-state index in [1.165, 1.54) is 6.07 Å². The van der Waals surface area contributed by atoms with Gasteiger partial charge in [0.05, 0.1) is 5.69 Å². The van der Waals surface area contributed by atoms with Crippen molar-refractivity contribution < 1.29 is 19.1 Å². The number of carbonyl (C=O) groups excluding carboxylic acids is 1. The lowest BCUT2D eigenvalue weighted by atomic mass is 9.95. The van der Waals surface area contributed by atoms with Crippen LogP contribution in [-0.2, 0) is 4.79 Å². The van der Waals surface area contributed by atoms with E-state index in [1.54, 1.807) is 12.1 Å². The number of aromatic carboxylic acids is 1. The summed E-state index contributed by atoms with van der Waals surface area (Å²) in [5, 5.41) is 11.8. The molecule has 0 unspecified atom stereocenters. The minimum Gasteiger partial charge on any atom is -0.475 e. The van der Waals surface area contributed by atoms with E-state index in [1.807, 2.05) is 39.8 Å². The van der Waals surface area contributed by atoms with Gasteiger partial charge in [0.25, 0.3) is 0 Å². The molecule has 1 amide bonds. The van der Waals surface area contributed by atoms with Crippen LogP contribution in [0.4, 0.5) is 5.69 Å². The third-order valence-electron chi connectivity index (χ3n) is 3.19. The van der Waals surface area contributed by atoms with E-state index < -0.39 is 11.4 Å². The van der Waals surface area contributed by atoms with E-state index in [9.17, 15) is 9.59 Å². The van der Waals surface area contributed by atoms with Crippen molar-refractivity contribution in [2.75, 3.05) is 5.32 Å². The van der Waals surface area contributed by atoms with Crippen molar-refractivity contribution in [3.63, 3.8) is 0 Å². The lowest BCUT2D eigenvalue weighted by molar-refractivity contribution is -0.123. The quantitative estimate of drug-likeness (QED) is 0.900. The van der Waals surface area contributed by atoms with E-state index in [4.69, 9.17) is 9.52 Å². The molecule has 0 radical (unpaired) electrons. The Kier molecular flexibility index (Phi) is 4.08. The molecule has 5 nitrogen and oxygen atoms in total. The Morgan fingerprint density at radius 3 is 2.36 bits per heavy atom. The maximum Gasteiger partial charge on any atom is 0.371 e. The molecular formula is C17H19NO4. The fourth-order valence-electron chi connectivity index (χ4n) is 1.88. The Morgan fingerprint density at radius 2 is 1.82 bits per heavy atom. The second kappa shape index (κ2) is 5.67. The number of carbonyl (C=O) groups is 2. The topological polar surface area (TPSA) is 79.5 Å². The molecule has 0 spiro atoms. The fraction of sp³-hybridized carbons (Fsp3) is 0.294. The van der Waals surface area contributed by atoms with Crippen molar-refractivity contribution in [1.29, 1.82) is 0 Å². The summed E-state index contributed by atoms with van der Waals surface area (Å²) >= 11 is 0. The van der Waals surface area contributed by atoms with Gasteiger partial charge in [-0.25, -0.2) is 4.79 Å². The summed E-state index contributed by atoms with van der Waals surface area (Å²) in [7, 11) is 0. The summed E-state index contributed by atoms with van der Waals surface area (Å²) in [5.74, 6) is -0.978. The normalized spacial score (nSPS) is 11.3. The van der Waals surface area contributed by atoms with Crippen LogP contribution in [-0.4, -0.2) is 17.0 Å². The number of amides is 1. The Morgan fingerprint density at radius 1 is 1.14 bits per heavy atom. The minimum atomic E-state index is -1.13. The van der Waals surface area contributed by atoms with Gasteiger partial charge in [-0.3, -0.25) is 4.79 Å². The predicted molar refractivity (Wildman–Crippen MR) is 83.9 cm³/mol. The molecule has 2 aromatic rings. The Bertz CT molecular complexity index is 723. The molecule has 0 atom stereocenters. The second-order valence-corrected chi connectivity index (χ2v) is 6.22. The molecule has 2 rings (SSSR count). The van der Waals surface area contributed by atoms with E-state index in [-0.39, 0.29) is 11.7 Å². The van der Waals surface area contributed by atoms with Crippen LogP contribution >= 0.6 is 0 Å². The van der Waals surface area contributed by atoms with Crippen molar-refractivity contribution in [3.8, 4) is 11.3 Å². The molecule has 0 aliphatic rings. The molecule has 0 saturated heterocycles. The summed E-state index contributed by atoms with van der Waals surface area (Å²) in [4.78, 5) is 23.1. The number of furan rings is 1. The van der Waals surface area contributed by atoms with Gasteiger partial charge < -0.3 is 14.8 Å². The number of hydrogen-bond acceptors (Lipinski definition) is 3. The lowest BCUT2D eigenvalue weighted by Gasteiger charge is -2.19. The molecule has 0 saturated carbocycles. The van der Waals surface area contributed by atoms with Crippen LogP contribution in [0.15, 0.2) is 34.7 Å². The van der Waals surface area contributed by atoms with Crippen LogP contribution in [0.25, 0.3) is 11.3 Å². The van der Waals surface area contributed by atoms with Gasteiger partial charge in [0, 0.05) is 11.0 Å². The molecule has 0 aliphatic carbocycles. The second-order valence-electron chi connectivity index (χ2n) is 6.22. The van der Waals surface area contributed by atoms with Crippen LogP contribution < -0.4 is 5.32 Å². The van der Waals surface area contributed by atoms with Gasteiger partial charge in [-0.15, -0.1) is 0 Å². The van der Waals surface area contributed by atoms with Gasteiger partial charge >= 0.3 is 5.97 Å². The highest BCUT2D eigenvalue weighted by molar-refractivity contribution is 5.98. The van der Waals surface area contributed by atoms with Gasteiger partial charge in [0.2, 0.25) is 11.7 Å². The van der Waals surface area contributed by atoms with Crippen LogP contribution in [0.2, 0.25) is 0 Å². The zero-order valence-corrected chi connectivity index (χ0v) is 13.1. The lowest BCUT2D eigenvalue weighted by Crippen LogP contribution is -2.27. The van der Waals surface area contributed by atoms with Gasteiger partial charge in [-0.2, -0.15) is 0 Å². The molecule has 0 fully saturated rings. The molecule has 0 bridgehead atoms. The van der Waals surface area contributed by atoms with Crippen molar-refractivity contribution in [3.05, 3.63) is 41.7 Å². The molecule has 2 N–H and O–H groups in total. The largest absolute Gasteiger partial charge is 0.475 e. The van der Waals surface area contributed by atoms with Crippen molar-refractivity contribution in [1.82, 2.24) is 0 Å². The number of carboxylic acid groups (broad SMARTS) is 1. The first-order valence-electron chi connectivity index (χ1n) is 6.94. The summed E-state index contributed by atoms with van der Waals surface area (Å²) in [6.07, 6.45) is 0. The Labute approximate surface area is 129 Å². The number of benzene rings is 1. The molecule has 1 aromatic heterocycles. The summed E-state index contributed by atoms with van der Waals surface area (Å²) in [5.41, 5.74) is 1.70. The van der Waals surface area contributed by atoms with Crippen molar-refractivity contribution >= 4 is 17.6 Å². The molecule has 5 heteroatoms. The molecule has 1 heterocycles. The van der Waals surface area contributed by atoms with E-state index in [2.05, 4.69) is 5.32 Å². The third kappa shape index (κ3) is 3.36. The maximum absolute atomic E-state index is 12.2. The zero-order chi connectivity index (χ0) is 16.5. The summed E-state index contributed by atoms with van der Waals surface area (Å²) < 4.78 is 5.33. The highest BCUT2D eigenvalue weighted by atomic mass is 16.4. The van der Waals surface area contributed by atoms with Crippen molar-refractivity contribution in [2.24, 2.45) is 5.41 Å². The fourth-order valence-corrected chi connectivity index (χ4v) is 1.88. The number of anilines is 1. The molecule has 1 aromatic carbocycles. The smallest absolute Gasteiger partial charge is 0.371 e. The zero-order valence-electron chi connectivity index (χ0n) is 13.1. The maximum atomic E-state index is 12.2. The Balaban J connectivity index is 2.43. The highest BCUT2D eigenvalue weighted by Gasteiger charge is 2.23. The van der Waals surface area contributed by atoms with Crippen LogP contribution in [0.1, 0.15) is 36.9 Å². The first kappa shape index (κ1) is 15.8. The van der Waals surface area contributed by atoms with Crippen LogP contribution in [0.5, 0.6) is 0 Å². The standard InChI is InChI=1S/C17H19NO4/c1-10-5-6-11(13-7-8-14(22-13)15(19)20)12(9-10)18-16(21)17(2,3)4/h5-9H,1-4H3,(H,18,21)(H,19,20). The van der Waals surface area contributed by atoms with Gasteiger partial charge in [0.15, 0.2) is 0 Å². The van der Waals surface area contributed by atoms with Gasteiger partial charge in [-0.1, -0.05) is 26.8 Å². The molecule has 116 valence electrons. The van der Waals surface area contributed by atoms with E-state index in [0.29, 0.717) is 17.0 Å². The first-order chi connectivity index (χ1) is 10.2. The van der Waals surface area contributed by atoms with Gasteiger partial charge in [0.1, 0.15) is 5.76 Å². The predicted octanol–water partition coefficient (Wildman–Crippen LogP) is 3.94. The van der Waals surface area contributed by atoms with Crippen LogP contribution in [0.3, 0.4) is 0 Å². The first-order valence-corrected chi connectivity index (χ1v) is 6.94. The monoisotopic (exact) mass is 301 g/mol. The van der Waals surface area contributed by atoms with Gasteiger partial charge in [-0.05, 0) is 36.8 Å². The summed E-state index contributed by atoms with van der Waals surface area (Å²) in [6.45, 7) is 7.40.